The summed E-state index contributed by atoms with van der Waals surface area (Å²) < 4.78 is 18.6. The van der Waals surface area contributed by atoms with E-state index in [0.717, 1.165) is 16.8 Å². The smallest absolute Gasteiger partial charge is 0.145 e. The molecule has 2 aromatic rings. The second-order valence-electron chi connectivity index (χ2n) is 7.14. The summed E-state index contributed by atoms with van der Waals surface area (Å²) in [6.07, 6.45) is 1.60. The highest BCUT2D eigenvalue weighted by atomic mass is 19.1. The predicted octanol–water partition coefficient (Wildman–Crippen LogP) is 3.38. The molecule has 0 radical (unpaired) electrons. The van der Waals surface area contributed by atoms with Gasteiger partial charge in [0.1, 0.15) is 11.9 Å². The molecule has 2 aromatic carbocycles. The fourth-order valence-electron chi connectivity index (χ4n) is 3.31. The van der Waals surface area contributed by atoms with Crippen LogP contribution in [0.3, 0.4) is 0 Å². The third-order valence-electron chi connectivity index (χ3n) is 4.64. The monoisotopic (exact) mass is 398 g/mol. The number of aliphatic hydroxyl groups excluding tert-OH is 1. The molecule has 2 atom stereocenters. The minimum atomic E-state index is -0.647. The van der Waals surface area contributed by atoms with E-state index in [1.54, 1.807) is 18.2 Å². The van der Waals surface area contributed by atoms with Crippen LogP contribution in [0.25, 0.3) is 0 Å². The Morgan fingerprint density at radius 3 is 2.72 bits per heavy atom. The van der Waals surface area contributed by atoms with E-state index in [1.165, 1.54) is 12.1 Å². The zero-order chi connectivity index (χ0) is 20.5. The molecule has 0 unspecified atom stereocenters. The highest BCUT2D eigenvalue weighted by molar-refractivity contribution is 6.01. The lowest BCUT2D eigenvalue weighted by Gasteiger charge is -2.27. The standard InChI is InChI=1S/C23H27FN2O3/c1-2-12-28-17-21(27)15-26(14-18-8-10-20(24)11-9-18)16-22-13-23(25-29-22)19-6-4-3-5-7-19/h2-11,21-22,27H,1,12-17H2/t21-,22+/m0/s1. The van der Waals surface area contributed by atoms with Crippen LogP contribution in [0.1, 0.15) is 17.5 Å². The molecule has 0 fully saturated rings. The van der Waals surface area contributed by atoms with Crippen LogP contribution in [-0.4, -0.2) is 54.2 Å². The van der Waals surface area contributed by atoms with Crippen LogP contribution >= 0.6 is 0 Å². The normalized spacial score (nSPS) is 17.1. The minimum absolute atomic E-state index is 0.105. The Bertz CT molecular complexity index is 796. The molecule has 0 amide bonds. The van der Waals surface area contributed by atoms with Gasteiger partial charge in [-0.25, -0.2) is 4.39 Å². The molecule has 5 nitrogen and oxygen atoms in total. The van der Waals surface area contributed by atoms with Crippen molar-refractivity contribution in [1.82, 2.24) is 4.90 Å². The zero-order valence-electron chi connectivity index (χ0n) is 16.4. The molecule has 1 heterocycles. The Morgan fingerprint density at radius 1 is 1.24 bits per heavy atom. The summed E-state index contributed by atoms with van der Waals surface area (Å²) in [6, 6.07) is 16.4. The van der Waals surface area contributed by atoms with Crippen molar-refractivity contribution in [3.63, 3.8) is 0 Å². The molecular formula is C23H27FN2O3. The minimum Gasteiger partial charge on any atom is -0.390 e. The average Bonchev–Trinajstić information content (AvgIpc) is 3.19. The van der Waals surface area contributed by atoms with Crippen molar-refractivity contribution < 1.29 is 19.1 Å². The van der Waals surface area contributed by atoms with Crippen LogP contribution in [-0.2, 0) is 16.1 Å². The summed E-state index contributed by atoms with van der Waals surface area (Å²) >= 11 is 0. The van der Waals surface area contributed by atoms with E-state index in [1.807, 2.05) is 30.3 Å². The fraction of sp³-hybridized carbons (Fsp3) is 0.348. The molecule has 0 spiro atoms. The SMILES string of the molecule is C=CCOC[C@@H](O)CN(Cc1ccc(F)cc1)C[C@H]1CC(c2ccccc2)=NO1. The maximum Gasteiger partial charge on any atom is 0.145 e. The molecule has 0 saturated carbocycles. The number of aliphatic hydroxyl groups is 1. The first-order valence-electron chi connectivity index (χ1n) is 9.75. The second kappa shape index (κ2) is 10.9. The van der Waals surface area contributed by atoms with Gasteiger partial charge in [0.15, 0.2) is 0 Å². The number of ether oxygens (including phenoxy) is 1. The highest BCUT2D eigenvalue weighted by Gasteiger charge is 2.25. The average molecular weight is 398 g/mol. The van der Waals surface area contributed by atoms with Crippen molar-refractivity contribution in [2.75, 3.05) is 26.3 Å². The molecular weight excluding hydrogens is 371 g/mol. The van der Waals surface area contributed by atoms with Crippen molar-refractivity contribution in [3.05, 3.63) is 84.2 Å². The molecule has 0 saturated heterocycles. The van der Waals surface area contributed by atoms with Gasteiger partial charge in [0.2, 0.25) is 0 Å². The molecule has 3 rings (SSSR count). The van der Waals surface area contributed by atoms with Crippen LogP contribution in [0.5, 0.6) is 0 Å². The summed E-state index contributed by atoms with van der Waals surface area (Å²) in [4.78, 5) is 7.73. The Labute approximate surface area is 171 Å². The number of halogens is 1. The molecule has 0 aromatic heterocycles. The number of benzene rings is 2. The van der Waals surface area contributed by atoms with Crippen molar-refractivity contribution in [3.8, 4) is 0 Å². The predicted molar refractivity (Wildman–Crippen MR) is 111 cm³/mol. The van der Waals surface area contributed by atoms with Gasteiger partial charge in [-0.05, 0) is 23.3 Å². The molecule has 6 heteroatoms. The second-order valence-corrected chi connectivity index (χ2v) is 7.14. The quantitative estimate of drug-likeness (QED) is 0.466. The van der Waals surface area contributed by atoms with Crippen LogP contribution < -0.4 is 0 Å². The van der Waals surface area contributed by atoms with Gasteiger partial charge in [0.05, 0.1) is 25.0 Å². The largest absolute Gasteiger partial charge is 0.390 e. The number of rotatable bonds is 11. The first kappa shape index (κ1) is 21.2. The van der Waals surface area contributed by atoms with Gasteiger partial charge >= 0.3 is 0 Å². The third-order valence-corrected chi connectivity index (χ3v) is 4.64. The van der Waals surface area contributed by atoms with E-state index in [9.17, 15) is 9.50 Å². The van der Waals surface area contributed by atoms with Crippen molar-refractivity contribution in [2.24, 2.45) is 5.16 Å². The lowest BCUT2D eigenvalue weighted by atomic mass is 10.0. The van der Waals surface area contributed by atoms with Crippen molar-refractivity contribution in [1.29, 1.82) is 0 Å². The Balaban J connectivity index is 1.60. The lowest BCUT2D eigenvalue weighted by molar-refractivity contribution is 0.00335. The van der Waals surface area contributed by atoms with Gasteiger partial charge in [-0.2, -0.15) is 0 Å². The van der Waals surface area contributed by atoms with Gasteiger partial charge in [-0.15, -0.1) is 6.58 Å². The van der Waals surface area contributed by atoms with Gasteiger partial charge in [-0.1, -0.05) is 53.7 Å². The molecule has 1 aliphatic rings. The summed E-state index contributed by atoms with van der Waals surface area (Å²) in [6.45, 7) is 5.80. The summed E-state index contributed by atoms with van der Waals surface area (Å²) in [7, 11) is 0. The summed E-state index contributed by atoms with van der Waals surface area (Å²) in [5, 5.41) is 14.6. The molecule has 29 heavy (non-hydrogen) atoms. The molecule has 1 aliphatic heterocycles. The van der Waals surface area contributed by atoms with E-state index in [0.29, 0.717) is 32.7 Å². The van der Waals surface area contributed by atoms with Crippen LogP contribution in [0.2, 0.25) is 0 Å². The third kappa shape index (κ3) is 6.78. The Hall–Kier alpha value is -2.54. The summed E-state index contributed by atoms with van der Waals surface area (Å²) in [5.41, 5.74) is 2.94. The van der Waals surface area contributed by atoms with Gasteiger partial charge in [0.25, 0.3) is 0 Å². The first-order valence-corrected chi connectivity index (χ1v) is 9.75. The number of nitrogens with zero attached hydrogens (tertiary/aromatic N) is 2. The van der Waals surface area contributed by atoms with E-state index in [-0.39, 0.29) is 18.5 Å². The number of hydrogen-bond donors (Lipinski definition) is 1. The topological polar surface area (TPSA) is 54.3 Å². The lowest BCUT2D eigenvalue weighted by Crippen LogP contribution is -2.39. The number of hydrogen-bond acceptors (Lipinski definition) is 5. The Kier molecular flexibility index (Phi) is 7.93. The van der Waals surface area contributed by atoms with Gasteiger partial charge in [0, 0.05) is 26.1 Å². The molecule has 0 bridgehead atoms. The summed E-state index contributed by atoms with van der Waals surface area (Å²) in [5.74, 6) is -0.266. The van der Waals surface area contributed by atoms with E-state index in [4.69, 9.17) is 9.57 Å². The van der Waals surface area contributed by atoms with Crippen molar-refractivity contribution >= 4 is 5.71 Å². The van der Waals surface area contributed by atoms with Gasteiger partial charge < -0.3 is 14.7 Å². The van der Waals surface area contributed by atoms with E-state index < -0.39 is 6.10 Å². The number of oxime groups is 1. The van der Waals surface area contributed by atoms with E-state index >= 15 is 0 Å². The first-order chi connectivity index (χ1) is 14.1. The molecule has 1 N–H and O–H groups in total. The van der Waals surface area contributed by atoms with Crippen LogP contribution in [0, 0.1) is 5.82 Å². The Morgan fingerprint density at radius 2 is 2.00 bits per heavy atom. The van der Waals surface area contributed by atoms with Gasteiger partial charge in [-0.3, -0.25) is 4.90 Å². The molecule has 0 aliphatic carbocycles. The zero-order valence-corrected chi connectivity index (χ0v) is 16.4. The fourth-order valence-corrected chi connectivity index (χ4v) is 3.31. The van der Waals surface area contributed by atoms with Crippen LogP contribution in [0.4, 0.5) is 4.39 Å². The van der Waals surface area contributed by atoms with E-state index in [2.05, 4.69) is 16.6 Å². The molecule has 154 valence electrons. The maximum atomic E-state index is 13.2. The highest BCUT2D eigenvalue weighted by Crippen LogP contribution is 2.19. The maximum absolute atomic E-state index is 13.2. The van der Waals surface area contributed by atoms with Crippen LogP contribution in [0.15, 0.2) is 72.4 Å². The van der Waals surface area contributed by atoms with Crippen molar-refractivity contribution in [2.45, 2.75) is 25.2 Å².